The van der Waals surface area contributed by atoms with Gasteiger partial charge in [0.25, 0.3) is 0 Å². The van der Waals surface area contributed by atoms with Crippen LogP contribution in [-0.4, -0.2) is 9.78 Å². The topological polar surface area (TPSA) is 17.8 Å². The van der Waals surface area contributed by atoms with Gasteiger partial charge in [0.1, 0.15) is 5.69 Å². The Labute approximate surface area is 109 Å². The summed E-state index contributed by atoms with van der Waals surface area (Å²) in [5, 5.41) is 4.08. The van der Waals surface area contributed by atoms with E-state index in [1.54, 1.807) is 30.3 Å². The third kappa shape index (κ3) is 3.16. The first-order chi connectivity index (χ1) is 8.88. The smallest absolute Gasteiger partial charge is 0.228 e. The number of rotatable bonds is 3. The lowest BCUT2D eigenvalue weighted by molar-refractivity contribution is -0.142. The van der Waals surface area contributed by atoms with Gasteiger partial charge >= 0.3 is 6.18 Å². The van der Waals surface area contributed by atoms with Gasteiger partial charge in [0, 0.05) is 0 Å². The first-order valence-electron chi connectivity index (χ1n) is 6.09. The molecule has 0 aliphatic rings. The number of nitrogens with zero attached hydrogens (tertiary/aromatic N) is 2. The minimum atomic E-state index is -4.40. The Morgan fingerprint density at radius 2 is 1.79 bits per heavy atom. The standard InChI is InChI=1S/C14H15F3N2/c1-10(2)8-11-9-13(14(15,16)17)19(18-11)12-6-4-3-5-7-12/h3-7,9-10H,8H2,1-2H3. The molecule has 0 bridgehead atoms. The highest BCUT2D eigenvalue weighted by Gasteiger charge is 2.36. The van der Waals surface area contributed by atoms with Gasteiger partial charge in [-0.2, -0.15) is 18.3 Å². The van der Waals surface area contributed by atoms with Gasteiger partial charge in [-0.3, -0.25) is 0 Å². The van der Waals surface area contributed by atoms with Crippen LogP contribution in [0, 0.1) is 5.92 Å². The molecule has 0 fully saturated rings. The van der Waals surface area contributed by atoms with E-state index in [4.69, 9.17) is 0 Å². The van der Waals surface area contributed by atoms with Crippen LogP contribution in [0.3, 0.4) is 0 Å². The maximum Gasteiger partial charge on any atom is 0.433 e. The van der Waals surface area contributed by atoms with Crippen molar-refractivity contribution in [1.29, 1.82) is 0 Å². The molecule has 0 aliphatic carbocycles. The molecule has 0 atom stereocenters. The van der Waals surface area contributed by atoms with Crippen LogP contribution in [0.2, 0.25) is 0 Å². The van der Waals surface area contributed by atoms with E-state index in [1.807, 2.05) is 13.8 Å². The molecule has 19 heavy (non-hydrogen) atoms. The molecule has 102 valence electrons. The summed E-state index contributed by atoms with van der Waals surface area (Å²) in [6, 6.07) is 9.50. The van der Waals surface area contributed by atoms with E-state index in [1.165, 1.54) is 0 Å². The van der Waals surface area contributed by atoms with Crippen LogP contribution in [0.25, 0.3) is 5.69 Å². The minimum absolute atomic E-state index is 0.264. The zero-order valence-corrected chi connectivity index (χ0v) is 10.8. The first-order valence-corrected chi connectivity index (χ1v) is 6.09. The first kappa shape index (κ1) is 13.6. The fourth-order valence-electron chi connectivity index (χ4n) is 1.92. The zero-order chi connectivity index (χ0) is 14.0. The van der Waals surface area contributed by atoms with Crippen molar-refractivity contribution >= 4 is 0 Å². The molecule has 0 spiro atoms. The number of alkyl halides is 3. The molecular weight excluding hydrogens is 253 g/mol. The molecule has 0 amide bonds. The Bertz CT molecular complexity index is 542. The summed E-state index contributed by atoms with van der Waals surface area (Å²) in [5.74, 6) is 0.264. The second-order valence-electron chi connectivity index (χ2n) is 4.86. The van der Waals surface area contributed by atoms with Crippen LogP contribution in [0.5, 0.6) is 0 Å². The SMILES string of the molecule is CC(C)Cc1cc(C(F)(F)F)n(-c2ccccc2)n1. The number of hydrogen-bond donors (Lipinski definition) is 0. The molecule has 0 aliphatic heterocycles. The number of benzene rings is 1. The van der Waals surface area contributed by atoms with Crippen molar-refractivity contribution in [3.8, 4) is 5.69 Å². The maximum absolute atomic E-state index is 13.0. The highest BCUT2D eigenvalue weighted by molar-refractivity contribution is 5.34. The molecule has 0 saturated carbocycles. The molecule has 2 nitrogen and oxygen atoms in total. The van der Waals surface area contributed by atoms with Gasteiger partial charge in [0.15, 0.2) is 0 Å². The van der Waals surface area contributed by atoms with Gasteiger partial charge in [-0.05, 0) is 30.5 Å². The van der Waals surface area contributed by atoms with Gasteiger partial charge in [-0.25, -0.2) is 4.68 Å². The van der Waals surface area contributed by atoms with Gasteiger partial charge in [-0.15, -0.1) is 0 Å². The summed E-state index contributed by atoms with van der Waals surface area (Å²) in [4.78, 5) is 0. The van der Waals surface area contributed by atoms with Gasteiger partial charge in [0.05, 0.1) is 11.4 Å². The lowest BCUT2D eigenvalue weighted by Crippen LogP contribution is -2.13. The molecular formula is C14H15F3N2. The summed E-state index contributed by atoms with van der Waals surface area (Å²) in [7, 11) is 0. The summed E-state index contributed by atoms with van der Waals surface area (Å²) in [6.07, 6.45) is -3.87. The molecule has 2 aromatic rings. The van der Waals surface area contributed by atoms with Crippen molar-refractivity contribution in [2.45, 2.75) is 26.4 Å². The van der Waals surface area contributed by atoms with E-state index < -0.39 is 11.9 Å². The van der Waals surface area contributed by atoms with Crippen LogP contribution >= 0.6 is 0 Å². The number of halogens is 3. The van der Waals surface area contributed by atoms with E-state index in [2.05, 4.69) is 5.10 Å². The molecule has 2 rings (SSSR count). The fourth-order valence-corrected chi connectivity index (χ4v) is 1.92. The van der Waals surface area contributed by atoms with Crippen molar-refractivity contribution in [3.05, 3.63) is 47.8 Å². The lowest BCUT2D eigenvalue weighted by atomic mass is 10.1. The monoisotopic (exact) mass is 268 g/mol. The molecule has 1 aromatic heterocycles. The molecule has 1 heterocycles. The van der Waals surface area contributed by atoms with Crippen molar-refractivity contribution in [2.75, 3.05) is 0 Å². The van der Waals surface area contributed by atoms with Crippen LogP contribution < -0.4 is 0 Å². The quantitative estimate of drug-likeness (QED) is 0.819. The van der Waals surface area contributed by atoms with Gasteiger partial charge < -0.3 is 0 Å². The Hall–Kier alpha value is -1.78. The summed E-state index contributed by atoms with van der Waals surface area (Å²) < 4.78 is 40.0. The van der Waals surface area contributed by atoms with Crippen molar-refractivity contribution in [1.82, 2.24) is 9.78 Å². The average molecular weight is 268 g/mol. The fraction of sp³-hybridized carbons (Fsp3) is 0.357. The third-order valence-corrected chi connectivity index (χ3v) is 2.67. The van der Waals surface area contributed by atoms with E-state index in [0.717, 1.165) is 10.7 Å². The second kappa shape index (κ2) is 5.07. The molecule has 1 aromatic carbocycles. The van der Waals surface area contributed by atoms with E-state index in [-0.39, 0.29) is 5.92 Å². The Balaban J connectivity index is 2.49. The second-order valence-corrected chi connectivity index (χ2v) is 4.86. The largest absolute Gasteiger partial charge is 0.433 e. The highest BCUT2D eigenvalue weighted by atomic mass is 19.4. The van der Waals surface area contributed by atoms with Crippen LogP contribution in [-0.2, 0) is 12.6 Å². The molecule has 0 saturated heterocycles. The predicted octanol–water partition coefficient (Wildman–Crippen LogP) is 4.09. The third-order valence-electron chi connectivity index (χ3n) is 2.67. The molecule has 0 N–H and O–H groups in total. The lowest BCUT2D eigenvalue weighted by Gasteiger charge is -2.09. The van der Waals surface area contributed by atoms with Crippen molar-refractivity contribution in [2.24, 2.45) is 5.92 Å². The van der Waals surface area contributed by atoms with Crippen molar-refractivity contribution in [3.63, 3.8) is 0 Å². The summed E-state index contributed by atoms with van der Waals surface area (Å²) >= 11 is 0. The maximum atomic E-state index is 13.0. The molecule has 0 unspecified atom stereocenters. The summed E-state index contributed by atoms with van der Waals surface area (Å²) in [5.41, 5.74) is 0.158. The van der Waals surface area contributed by atoms with Gasteiger partial charge in [-0.1, -0.05) is 32.0 Å². The van der Waals surface area contributed by atoms with E-state index >= 15 is 0 Å². The Morgan fingerprint density at radius 1 is 1.16 bits per heavy atom. The van der Waals surface area contributed by atoms with Crippen molar-refractivity contribution < 1.29 is 13.2 Å². The summed E-state index contributed by atoms with van der Waals surface area (Å²) in [6.45, 7) is 3.91. The predicted molar refractivity (Wildman–Crippen MR) is 67.1 cm³/mol. The normalized spacial score (nSPS) is 12.1. The Kier molecular flexibility index (Phi) is 3.64. The number of hydrogen-bond acceptors (Lipinski definition) is 1. The van der Waals surface area contributed by atoms with Gasteiger partial charge in [0.2, 0.25) is 0 Å². The highest BCUT2D eigenvalue weighted by Crippen LogP contribution is 2.31. The molecule has 0 radical (unpaired) electrons. The van der Waals surface area contributed by atoms with Crippen LogP contribution in [0.15, 0.2) is 36.4 Å². The Morgan fingerprint density at radius 3 is 2.32 bits per heavy atom. The van der Waals surface area contributed by atoms with Crippen LogP contribution in [0.1, 0.15) is 25.2 Å². The average Bonchev–Trinajstić information content (AvgIpc) is 2.73. The zero-order valence-electron chi connectivity index (χ0n) is 10.8. The minimum Gasteiger partial charge on any atom is -0.228 e. The number of aromatic nitrogens is 2. The van der Waals surface area contributed by atoms with E-state index in [0.29, 0.717) is 17.8 Å². The number of para-hydroxylation sites is 1. The van der Waals surface area contributed by atoms with Crippen LogP contribution in [0.4, 0.5) is 13.2 Å². The van der Waals surface area contributed by atoms with E-state index in [9.17, 15) is 13.2 Å². The molecule has 5 heteroatoms.